The Balaban J connectivity index is 2.72. The van der Waals surface area contributed by atoms with E-state index in [1.54, 1.807) is 19.2 Å². The van der Waals surface area contributed by atoms with Gasteiger partial charge < -0.3 is 15.8 Å². The molecule has 0 spiro atoms. The minimum Gasteiger partial charge on any atom is -0.496 e. The van der Waals surface area contributed by atoms with E-state index in [4.69, 9.17) is 10.5 Å². The van der Waals surface area contributed by atoms with Gasteiger partial charge in [0.2, 0.25) is 0 Å². The van der Waals surface area contributed by atoms with Gasteiger partial charge in [0.1, 0.15) is 5.75 Å². The lowest BCUT2D eigenvalue weighted by Crippen LogP contribution is -2.36. The first-order chi connectivity index (χ1) is 8.43. The average molecular weight is 250 g/mol. The molecule has 0 aliphatic rings. The molecule has 0 radical (unpaired) electrons. The summed E-state index contributed by atoms with van der Waals surface area (Å²) in [5.74, 6) is 0.629. The van der Waals surface area contributed by atoms with E-state index in [1.165, 1.54) is 0 Å². The van der Waals surface area contributed by atoms with Crippen LogP contribution in [0, 0.1) is 6.92 Å². The number of rotatable bonds is 5. The normalized spacial score (nSPS) is 13.8. The lowest BCUT2D eigenvalue weighted by Gasteiger charge is -2.16. The molecule has 0 aromatic heterocycles. The van der Waals surface area contributed by atoms with Crippen LogP contribution in [-0.2, 0) is 0 Å². The number of ether oxygens (including phenoxy) is 1. The van der Waals surface area contributed by atoms with Gasteiger partial charge in [0.15, 0.2) is 0 Å². The van der Waals surface area contributed by atoms with Crippen molar-refractivity contribution >= 4 is 5.91 Å². The van der Waals surface area contributed by atoms with Crippen LogP contribution in [0.15, 0.2) is 18.2 Å². The van der Waals surface area contributed by atoms with Crippen LogP contribution in [0.4, 0.5) is 0 Å². The van der Waals surface area contributed by atoms with Crippen molar-refractivity contribution in [2.75, 3.05) is 7.11 Å². The van der Waals surface area contributed by atoms with Gasteiger partial charge in [0.05, 0.1) is 7.11 Å². The van der Waals surface area contributed by atoms with E-state index in [-0.39, 0.29) is 18.0 Å². The van der Waals surface area contributed by atoms with E-state index in [2.05, 4.69) is 5.32 Å². The molecular weight excluding hydrogens is 228 g/mol. The number of carbonyl (C=O) groups excluding carboxylic acids is 1. The van der Waals surface area contributed by atoms with Crippen molar-refractivity contribution < 1.29 is 9.53 Å². The Bertz CT molecular complexity index is 416. The first-order valence-electron chi connectivity index (χ1n) is 6.15. The van der Waals surface area contributed by atoms with Crippen LogP contribution in [0.2, 0.25) is 0 Å². The van der Waals surface area contributed by atoms with Crippen LogP contribution in [0.3, 0.4) is 0 Å². The molecule has 1 aromatic rings. The van der Waals surface area contributed by atoms with Gasteiger partial charge in [-0.25, -0.2) is 0 Å². The van der Waals surface area contributed by atoms with Gasteiger partial charge in [-0.15, -0.1) is 0 Å². The Hall–Kier alpha value is -1.55. The highest BCUT2D eigenvalue weighted by atomic mass is 16.5. The van der Waals surface area contributed by atoms with E-state index in [0.29, 0.717) is 5.56 Å². The molecule has 1 rings (SSSR count). The molecule has 4 heteroatoms. The predicted molar refractivity (Wildman–Crippen MR) is 72.9 cm³/mol. The zero-order valence-electron chi connectivity index (χ0n) is 11.5. The lowest BCUT2D eigenvalue weighted by atomic mass is 10.1. The summed E-state index contributed by atoms with van der Waals surface area (Å²) in [4.78, 5) is 12.0. The molecule has 3 N–H and O–H groups in total. The minimum absolute atomic E-state index is 0.0600. The highest BCUT2D eigenvalue weighted by Gasteiger charge is 2.12. The number of carbonyl (C=O) groups is 1. The van der Waals surface area contributed by atoms with Crippen LogP contribution in [-0.4, -0.2) is 25.1 Å². The monoisotopic (exact) mass is 250 g/mol. The number of aryl methyl sites for hydroxylation is 1. The summed E-state index contributed by atoms with van der Waals surface area (Å²) in [5.41, 5.74) is 7.32. The lowest BCUT2D eigenvalue weighted by molar-refractivity contribution is 0.0937. The third-order valence-corrected chi connectivity index (χ3v) is 2.77. The van der Waals surface area contributed by atoms with Gasteiger partial charge >= 0.3 is 0 Å². The van der Waals surface area contributed by atoms with Crippen LogP contribution in [0.1, 0.15) is 36.2 Å². The van der Waals surface area contributed by atoms with E-state index in [9.17, 15) is 4.79 Å². The first-order valence-corrected chi connectivity index (χ1v) is 6.15. The van der Waals surface area contributed by atoms with Crippen molar-refractivity contribution in [3.8, 4) is 5.75 Å². The Morgan fingerprint density at radius 1 is 1.44 bits per heavy atom. The third-order valence-electron chi connectivity index (χ3n) is 2.77. The van der Waals surface area contributed by atoms with Crippen LogP contribution in [0.5, 0.6) is 5.75 Å². The van der Waals surface area contributed by atoms with Crippen molar-refractivity contribution in [3.63, 3.8) is 0 Å². The van der Waals surface area contributed by atoms with Gasteiger partial charge in [-0.05, 0) is 44.9 Å². The largest absolute Gasteiger partial charge is 0.496 e. The average Bonchev–Trinajstić information content (AvgIpc) is 2.28. The molecule has 0 saturated heterocycles. The third kappa shape index (κ3) is 4.04. The summed E-state index contributed by atoms with van der Waals surface area (Å²) in [6.07, 6.45) is 0.759. The first kappa shape index (κ1) is 14.5. The molecule has 0 bridgehead atoms. The fraction of sp³-hybridized carbons (Fsp3) is 0.500. The van der Waals surface area contributed by atoms with E-state index < -0.39 is 0 Å². The van der Waals surface area contributed by atoms with Crippen LogP contribution < -0.4 is 15.8 Å². The van der Waals surface area contributed by atoms with Gasteiger partial charge in [-0.1, -0.05) is 6.07 Å². The summed E-state index contributed by atoms with van der Waals surface area (Å²) >= 11 is 0. The second kappa shape index (κ2) is 6.40. The van der Waals surface area contributed by atoms with E-state index >= 15 is 0 Å². The molecule has 0 heterocycles. The SMILES string of the molecule is COc1cc(C(=O)NC(C)CC(C)N)ccc1C. The second-order valence-corrected chi connectivity index (χ2v) is 4.77. The Morgan fingerprint density at radius 2 is 2.11 bits per heavy atom. The fourth-order valence-electron chi connectivity index (χ4n) is 1.88. The number of hydrogen-bond donors (Lipinski definition) is 2. The maximum Gasteiger partial charge on any atom is 0.251 e. The smallest absolute Gasteiger partial charge is 0.251 e. The van der Waals surface area contributed by atoms with Crippen LogP contribution >= 0.6 is 0 Å². The van der Waals surface area contributed by atoms with Gasteiger partial charge in [-0.3, -0.25) is 4.79 Å². The minimum atomic E-state index is -0.0959. The number of methoxy groups -OCH3 is 1. The molecule has 1 aromatic carbocycles. The fourth-order valence-corrected chi connectivity index (χ4v) is 1.88. The van der Waals surface area contributed by atoms with Gasteiger partial charge in [0.25, 0.3) is 5.91 Å². The van der Waals surface area contributed by atoms with Gasteiger partial charge in [-0.2, -0.15) is 0 Å². The van der Waals surface area contributed by atoms with Crippen molar-refractivity contribution in [2.45, 2.75) is 39.3 Å². The molecule has 4 nitrogen and oxygen atoms in total. The second-order valence-electron chi connectivity index (χ2n) is 4.77. The van der Waals surface area contributed by atoms with Crippen LogP contribution in [0.25, 0.3) is 0 Å². The molecule has 100 valence electrons. The zero-order chi connectivity index (χ0) is 13.7. The molecule has 0 aliphatic carbocycles. The van der Waals surface area contributed by atoms with E-state index in [0.717, 1.165) is 17.7 Å². The maximum absolute atomic E-state index is 12.0. The molecule has 2 unspecified atom stereocenters. The summed E-state index contributed by atoms with van der Waals surface area (Å²) in [6.45, 7) is 5.82. The Labute approximate surface area is 109 Å². The number of amides is 1. The highest BCUT2D eigenvalue weighted by Crippen LogP contribution is 2.18. The molecule has 1 amide bonds. The summed E-state index contributed by atoms with van der Waals surface area (Å²) in [6, 6.07) is 5.57. The molecule has 0 saturated carbocycles. The summed E-state index contributed by atoms with van der Waals surface area (Å²) in [7, 11) is 1.60. The molecule has 18 heavy (non-hydrogen) atoms. The number of nitrogens with two attached hydrogens (primary N) is 1. The topological polar surface area (TPSA) is 64.3 Å². The molecule has 2 atom stereocenters. The number of hydrogen-bond acceptors (Lipinski definition) is 3. The van der Waals surface area contributed by atoms with Crippen molar-refractivity contribution in [1.82, 2.24) is 5.32 Å². The van der Waals surface area contributed by atoms with Crippen molar-refractivity contribution in [3.05, 3.63) is 29.3 Å². The number of nitrogens with one attached hydrogen (secondary N) is 1. The summed E-state index contributed by atoms with van der Waals surface area (Å²) < 4.78 is 5.21. The summed E-state index contributed by atoms with van der Waals surface area (Å²) in [5, 5.41) is 2.92. The molecule has 0 fully saturated rings. The number of benzene rings is 1. The van der Waals surface area contributed by atoms with E-state index in [1.807, 2.05) is 26.8 Å². The van der Waals surface area contributed by atoms with Crippen molar-refractivity contribution in [1.29, 1.82) is 0 Å². The highest BCUT2D eigenvalue weighted by molar-refractivity contribution is 5.94. The standard InChI is InChI=1S/C14H22N2O2/c1-9-5-6-12(8-13(9)18-4)14(17)16-11(3)7-10(2)15/h5-6,8,10-11H,7,15H2,1-4H3,(H,16,17). The molecule has 0 aliphatic heterocycles. The maximum atomic E-state index is 12.0. The molecular formula is C14H22N2O2. The predicted octanol–water partition coefficient (Wildman–Crippen LogP) is 1.86. The van der Waals surface area contributed by atoms with Crippen molar-refractivity contribution in [2.24, 2.45) is 5.73 Å². The zero-order valence-corrected chi connectivity index (χ0v) is 11.5. The Morgan fingerprint density at radius 3 is 2.67 bits per heavy atom. The van der Waals surface area contributed by atoms with Gasteiger partial charge in [0, 0.05) is 17.6 Å². The quantitative estimate of drug-likeness (QED) is 0.838. The Kier molecular flexibility index (Phi) is 5.16.